The molecule has 0 aliphatic heterocycles. The first-order chi connectivity index (χ1) is 15.0. The number of amides is 3. The van der Waals surface area contributed by atoms with Crippen molar-refractivity contribution in [3.63, 3.8) is 0 Å². The van der Waals surface area contributed by atoms with Gasteiger partial charge in [0.15, 0.2) is 0 Å². The summed E-state index contributed by atoms with van der Waals surface area (Å²) in [4.78, 5) is 59.9. The Morgan fingerprint density at radius 2 is 1.47 bits per heavy atom. The van der Waals surface area contributed by atoms with Crippen LogP contribution >= 0.6 is 24.4 Å². The molecule has 0 aliphatic carbocycles. The molecule has 0 radical (unpaired) electrons. The Morgan fingerprint density at radius 3 is 1.94 bits per heavy atom. The summed E-state index contributed by atoms with van der Waals surface area (Å²) in [6, 6.07) is -4.45. The van der Waals surface area contributed by atoms with Crippen molar-refractivity contribution in [2.45, 2.75) is 63.7 Å². The number of carbonyl (C=O) groups is 5. The maximum Gasteiger partial charge on any atom is 0.326 e. The number of rotatable bonds is 16. The van der Waals surface area contributed by atoms with E-state index >= 15 is 0 Å². The highest BCUT2D eigenvalue weighted by Crippen LogP contribution is 2.08. The molecule has 0 aromatic carbocycles. The van der Waals surface area contributed by atoms with Crippen molar-refractivity contribution >= 4 is 54.1 Å². The number of hydrogen-bond acceptors (Lipinski definition) is 8. The molecule has 0 rings (SSSR count). The van der Waals surface area contributed by atoms with Gasteiger partial charge in [-0.15, -0.1) is 0 Å². The lowest BCUT2D eigenvalue weighted by molar-refractivity contribution is -0.142. The number of thioether (sulfide) groups is 1. The van der Waals surface area contributed by atoms with Crippen LogP contribution in [0.1, 0.15) is 39.5 Å². The fourth-order valence-corrected chi connectivity index (χ4v) is 3.28. The zero-order chi connectivity index (χ0) is 24.8. The molecule has 7 N–H and O–H groups in total. The third kappa shape index (κ3) is 11.0. The van der Waals surface area contributed by atoms with Gasteiger partial charge in [-0.05, 0) is 30.8 Å². The molecule has 0 aromatic heterocycles. The van der Waals surface area contributed by atoms with E-state index in [9.17, 15) is 29.1 Å². The highest BCUT2D eigenvalue weighted by molar-refractivity contribution is 7.98. The second kappa shape index (κ2) is 15.8. The van der Waals surface area contributed by atoms with E-state index in [-0.39, 0.29) is 24.5 Å². The van der Waals surface area contributed by atoms with Crippen molar-refractivity contribution in [2.24, 2.45) is 11.7 Å². The first kappa shape index (κ1) is 30.0. The maximum atomic E-state index is 12.7. The summed E-state index contributed by atoms with van der Waals surface area (Å²) < 4.78 is 0. The summed E-state index contributed by atoms with van der Waals surface area (Å²) in [5, 5.41) is 25.4. The SMILES string of the molecule is CCC(C)C(N)C(=O)NC(CCC(=O)O)C(=O)NC(CS)C(=O)NC(CCSC)C(=O)O. The highest BCUT2D eigenvalue weighted by atomic mass is 32.2. The molecule has 11 nitrogen and oxygen atoms in total. The van der Waals surface area contributed by atoms with Crippen molar-refractivity contribution in [3.05, 3.63) is 0 Å². The third-order valence-electron chi connectivity index (χ3n) is 4.88. The van der Waals surface area contributed by atoms with Crippen LogP contribution in [0.5, 0.6) is 0 Å². The monoisotopic (exact) mass is 494 g/mol. The molecule has 32 heavy (non-hydrogen) atoms. The smallest absolute Gasteiger partial charge is 0.326 e. The third-order valence-corrected chi connectivity index (χ3v) is 5.89. The van der Waals surface area contributed by atoms with E-state index in [0.717, 1.165) is 0 Å². The van der Waals surface area contributed by atoms with Gasteiger partial charge in [0, 0.05) is 12.2 Å². The Balaban J connectivity index is 5.30. The largest absolute Gasteiger partial charge is 0.481 e. The van der Waals surface area contributed by atoms with Gasteiger partial charge >= 0.3 is 11.9 Å². The summed E-state index contributed by atoms with van der Waals surface area (Å²) >= 11 is 5.47. The number of nitrogens with one attached hydrogen (secondary N) is 3. The zero-order valence-electron chi connectivity index (χ0n) is 18.5. The van der Waals surface area contributed by atoms with Crippen molar-refractivity contribution in [1.29, 1.82) is 0 Å². The topological polar surface area (TPSA) is 188 Å². The van der Waals surface area contributed by atoms with E-state index in [1.165, 1.54) is 11.8 Å². The number of hydrogen-bond donors (Lipinski definition) is 7. The lowest BCUT2D eigenvalue weighted by Gasteiger charge is -2.25. The number of aliphatic carboxylic acids is 2. The fourth-order valence-electron chi connectivity index (χ4n) is 2.55. The van der Waals surface area contributed by atoms with E-state index in [1.54, 1.807) is 13.2 Å². The van der Waals surface area contributed by atoms with Crippen LogP contribution in [-0.2, 0) is 24.0 Å². The highest BCUT2D eigenvalue weighted by Gasteiger charge is 2.30. The van der Waals surface area contributed by atoms with Crippen LogP contribution in [0.15, 0.2) is 0 Å². The molecule has 0 saturated heterocycles. The molecular formula is C19H34N4O7S2. The Kier molecular flexibility index (Phi) is 14.8. The molecular weight excluding hydrogens is 460 g/mol. The lowest BCUT2D eigenvalue weighted by Crippen LogP contribution is -2.58. The molecule has 0 spiro atoms. The van der Waals surface area contributed by atoms with Crippen molar-refractivity contribution in [3.8, 4) is 0 Å². The number of carbonyl (C=O) groups excluding carboxylic acids is 3. The molecule has 13 heteroatoms. The molecule has 0 fully saturated rings. The number of carboxylic acid groups (broad SMARTS) is 2. The van der Waals surface area contributed by atoms with E-state index in [2.05, 4.69) is 28.6 Å². The minimum absolute atomic E-state index is 0.140. The van der Waals surface area contributed by atoms with Gasteiger partial charge in [-0.2, -0.15) is 24.4 Å². The second-order valence-corrected chi connectivity index (χ2v) is 8.68. The average molecular weight is 495 g/mol. The first-order valence-corrected chi connectivity index (χ1v) is 12.2. The summed E-state index contributed by atoms with van der Waals surface area (Å²) in [5.74, 6) is -4.31. The minimum Gasteiger partial charge on any atom is -0.481 e. The predicted molar refractivity (Wildman–Crippen MR) is 125 cm³/mol. The zero-order valence-corrected chi connectivity index (χ0v) is 20.2. The average Bonchev–Trinajstić information content (AvgIpc) is 2.75. The van der Waals surface area contributed by atoms with Crippen LogP contribution in [0.4, 0.5) is 0 Å². The maximum absolute atomic E-state index is 12.7. The second-order valence-electron chi connectivity index (χ2n) is 7.33. The van der Waals surface area contributed by atoms with Gasteiger partial charge in [0.25, 0.3) is 0 Å². The van der Waals surface area contributed by atoms with Crippen LogP contribution < -0.4 is 21.7 Å². The summed E-state index contributed by atoms with van der Waals surface area (Å²) in [6.45, 7) is 3.62. The van der Waals surface area contributed by atoms with Crippen molar-refractivity contribution in [1.82, 2.24) is 16.0 Å². The lowest BCUT2D eigenvalue weighted by atomic mass is 9.98. The minimum atomic E-state index is -1.24. The Bertz CT molecular complexity index is 666. The van der Waals surface area contributed by atoms with Gasteiger partial charge in [0.1, 0.15) is 18.1 Å². The molecule has 3 amide bonds. The van der Waals surface area contributed by atoms with Crippen molar-refractivity contribution in [2.75, 3.05) is 17.8 Å². The van der Waals surface area contributed by atoms with E-state index in [0.29, 0.717) is 12.2 Å². The van der Waals surface area contributed by atoms with Gasteiger partial charge in [0.05, 0.1) is 6.04 Å². The van der Waals surface area contributed by atoms with Crippen molar-refractivity contribution < 1.29 is 34.2 Å². The molecule has 5 atom stereocenters. The number of nitrogens with two attached hydrogens (primary N) is 1. The molecule has 0 bridgehead atoms. The fraction of sp³-hybridized carbons (Fsp3) is 0.737. The van der Waals surface area contributed by atoms with Crippen LogP contribution in [0.3, 0.4) is 0 Å². The van der Waals surface area contributed by atoms with Crippen LogP contribution in [0, 0.1) is 5.92 Å². The Hall–Kier alpha value is -1.99. The van der Waals surface area contributed by atoms with Gasteiger partial charge in [-0.1, -0.05) is 20.3 Å². The Labute approximate surface area is 197 Å². The Morgan fingerprint density at radius 1 is 0.938 bits per heavy atom. The number of carboxylic acids is 2. The quantitative estimate of drug-likeness (QED) is 0.138. The molecule has 0 aliphatic rings. The van der Waals surface area contributed by atoms with E-state index in [4.69, 9.17) is 10.8 Å². The summed E-state index contributed by atoms with van der Waals surface area (Å²) in [6.07, 6.45) is 2.01. The summed E-state index contributed by atoms with van der Waals surface area (Å²) in [5.41, 5.74) is 5.88. The van der Waals surface area contributed by atoms with Gasteiger partial charge in [0.2, 0.25) is 17.7 Å². The van der Waals surface area contributed by atoms with Gasteiger partial charge < -0.3 is 31.9 Å². The van der Waals surface area contributed by atoms with E-state index < -0.39 is 60.2 Å². The molecule has 184 valence electrons. The number of thiol groups is 1. The molecule has 0 aromatic rings. The standard InChI is InChI=1S/C19H34N4O7S2/c1-4-10(2)15(20)18(28)21-11(5-6-14(24)25)16(26)23-13(9-31)17(27)22-12(19(29)30)7-8-32-3/h10-13,15,31H,4-9,20H2,1-3H3,(H,21,28)(H,22,27)(H,23,26)(H,24,25)(H,29,30). The normalized spacial score (nSPS) is 15.5. The first-order valence-electron chi connectivity index (χ1n) is 10.2. The van der Waals surface area contributed by atoms with Gasteiger partial charge in [-0.3, -0.25) is 19.2 Å². The molecule has 0 heterocycles. The van der Waals surface area contributed by atoms with E-state index in [1.807, 2.05) is 6.92 Å². The summed E-state index contributed by atoms with van der Waals surface area (Å²) in [7, 11) is 0. The van der Waals surface area contributed by atoms with Gasteiger partial charge in [-0.25, -0.2) is 4.79 Å². The van der Waals surface area contributed by atoms with Crippen LogP contribution in [0.2, 0.25) is 0 Å². The molecule has 0 saturated carbocycles. The van der Waals surface area contributed by atoms with Crippen LogP contribution in [-0.4, -0.2) is 81.8 Å². The molecule has 5 unspecified atom stereocenters. The van der Waals surface area contributed by atoms with Crippen LogP contribution in [0.25, 0.3) is 0 Å². The predicted octanol–water partition coefficient (Wildman–Crippen LogP) is -0.553.